The number of carbonyl (C=O) groups excluding carboxylic acids is 1. The fourth-order valence-corrected chi connectivity index (χ4v) is 3.23. The number of aliphatic hydroxyl groups excluding tert-OH is 1. The van der Waals surface area contributed by atoms with Crippen LogP contribution in [-0.4, -0.2) is 17.4 Å². The molecular weight excluding hydrogens is 168 g/mol. The summed E-state index contributed by atoms with van der Waals surface area (Å²) >= 11 is 0. The Morgan fingerprint density at radius 1 is 1.62 bits per heavy atom. The second-order valence-corrected chi connectivity index (χ2v) is 4.35. The second-order valence-electron chi connectivity index (χ2n) is 4.35. The van der Waals surface area contributed by atoms with Crippen molar-refractivity contribution in [2.24, 2.45) is 23.7 Å². The van der Waals surface area contributed by atoms with Crippen LogP contribution in [0.25, 0.3) is 0 Å². The molecule has 0 amide bonds. The number of aliphatic hydroxyl groups is 1. The summed E-state index contributed by atoms with van der Waals surface area (Å²) in [4.78, 5) is 11.4. The van der Waals surface area contributed by atoms with Crippen molar-refractivity contribution >= 4 is 5.97 Å². The van der Waals surface area contributed by atoms with Crippen LogP contribution in [-0.2, 0) is 9.53 Å². The van der Waals surface area contributed by atoms with E-state index in [1.54, 1.807) is 0 Å². The zero-order valence-electron chi connectivity index (χ0n) is 7.43. The molecule has 1 aliphatic heterocycles. The quantitative estimate of drug-likeness (QED) is 0.440. The minimum Gasteiger partial charge on any atom is -0.435 e. The standard InChI is InChI=1S/C10H12O3/c1-4-2-5-3-6(4)8-7(5)9(11)13-10(8)12/h2,5-9,11H,3H2,1H3. The van der Waals surface area contributed by atoms with Gasteiger partial charge in [-0.05, 0) is 25.2 Å². The van der Waals surface area contributed by atoms with E-state index in [9.17, 15) is 9.90 Å². The molecule has 2 fully saturated rings. The molecule has 0 radical (unpaired) electrons. The molecule has 2 aliphatic carbocycles. The molecule has 5 unspecified atom stereocenters. The topological polar surface area (TPSA) is 46.5 Å². The van der Waals surface area contributed by atoms with E-state index in [-0.39, 0.29) is 17.8 Å². The average Bonchev–Trinajstić information content (AvgIpc) is 2.64. The van der Waals surface area contributed by atoms with Gasteiger partial charge in [0.15, 0.2) is 0 Å². The molecule has 1 saturated carbocycles. The van der Waals surface area contributed by atoms with E-state index in [1.165, 1.54) is 5.57 Å². The lowest BCUT2D eigenvalue weighted by atomic mass is 9.81. The molecule has 3 aliphatic rings. The molecule has 1 heterocycles. The third-order valence-electron chi connectivity index (χ3n) is 3.77. The minimum absolute atomic E-state index is 0.0428. The summed E-state index contributed by atoms with van der Waals surface area (Å²) in [5.41, 5.74) is 1.30. The summed E-state index contributed by atoms with van der Waals surface area (Å²) in [6, 6.07) is 0. The maximum Gasteiger partial charge on any atom is 0.312 e. The first-order valence-electron chi connectivity index (χ1n) is 4.75. The molecule has 13 heavy (non-hydrogen) atoms. The normalized spacial score (nSPS) is 52.0. The lowest BCUT2D eigenvalue weighted by molar-refractivity contribution is -0.158. The lowest BCUT2D eigenvalue weighted by Crippen LogP contribution is -2.25. The number of cyclic esters (lactones) is 1. The highest BCUT2D eigenvalue weighted by molar-refractivity contribution is 5.77. The van der Waals surface area contributed by atoms with Crippen molar-refractivity contribution in [3.63, 3.8) is 0 Å². The van der Waals surface area contributed by atoms with Gasteiger partial charge in [-0.3, -0.25) is 4.79 Å². The Bertz CT molecular complexity index is 307. The van der Waals surface area contributed by atoms with Crippen LogP contribution in [0.3, 0.4) is 0 Å². The molecule has 0 aromatic rings. The van der Waals surface area contributed by atoms with Gasteiger partial charge in [-0.25, -0.2) is 0 Å². The van der Waals surface area contributed by atoms with Gasteiger partial charge in [0.1, 0.15) is 0 Å². The Morgan fingerprint density at radius 2 is 2.38 bits per heavy atom. The van der Waals surface area contributed by atoms with Crippen molar-refractivity contribution < 1.29 is 14.6 Å². The number of esters is 1. The predicted molar refractivity (Wildman–Crippen MR) is 44.4 cm³/mol. The molecule has 3 nitrogen and oxygen atoms in total. The van der Waals surface area contributed by atoms with Gasteiger partial charge in [0.25, 0.3) is 0 Å². The van der Waals surface area contributed by atoms with Crippen LogP contribution in [0.15, 0.2) is 11.6 Å². The van der Waals surface area contributed by atoms with Gasteiger partial charge in [0, 0.05) is 5.92 Å². The van der Waals surface area contributed by atoms with Crippen molar-refractivity contribution in [2.45, 2.75) is 19.6 Å². The maximum atomic E-state index is 11.4. The van der Waals surface area contributed by atoms with Crippen LogP contribution in [0.4, 0.5) is 0 Å². The predicted octanol–water partition coefficient (Wildman–Crippen LogP) is 0.690. The van der Waals surface area contributed by atoms with E-state index in [0.717, 1.165) is 6.42 Å². The third kappa shape index (κ3) is 0.759. The van der Waals surface area contributed by atoms with Gasteiger partial charge in [-0.15, -0.1) is 0 Å². The van der Waals surface area contributed by atoms with Crippen LogP contribution in [0.2, 0.25) is 0 Å². The van der Waals surface area contributed by atoms with Gasteiger partial charge in [-0.1, -0.05) is 11.6 Å². The van der Waals surface area contributed by atoms with Crippen LogP contribution in [0, 0.1) is 23.7 Å². The number of carbonyl (C=O) groups is 1. The number of rotatable bonds is 0. The summed E-state index contributed by atoms with van der Waals surface area (Å²) in [6.07, 6.45) is 2.38. The molecule has 3 rings (SSSR count). The zero-order chi connectivity index (χ0) is 9.16. The Labute approximate surface area is 76.4 Å². The molecule has 1 saturated heterocycles. The van der Waals surface area contributed by atoms with E-state index < -0.39 is 6.29 Å². The van der Waals surface area contributed by atoms with E-state index in [2.05, 4.69) is 13.0 Å². The van der Waals surface area contributed by atoms with E-state index in [0.29, 0.717) is 11.8 Å². The molecule has 0 aromatic carbocycles. The van der Waals surface area contributed by atoms with Gasteiger partial charge in [0.05, 0.1) is 5.92 Å². The first kappa shape index (κ1) is 7.56. The summed E-state index contributed by atoms with van der Waals surface area (Å²) in [5.74, 6) is 0.514. The molecule has 3 heteroatoms. The van der Waals surface area contributed by atoms with Gasteiger partial charge >= 0.3 is 5.97 Å². The highest BCUT2D eigenvalue weighted by Crippen LogP contribution is 2.55. The molecule has 2 bridgehead atoms. The Morgan fingerprint density at radius 3 is 3.15 bits per heavy atom. The zero-order valence-corrected chi connectivity index (χ0v) is 7.43. The van der Waals surface area contributed by atoms with Crippen molar-refractivity contribution in [2.75, 3.05) is 0 Å². The number of ether oxygens (including phenoxy) is 1. The molecule has 5 atom stereocenters. The molecule has 70 valence electrons. The number of hydrogen-bond donors (Lipinski definition) is 1. The Hall–Kier alpha value is -0.830. The maximum absolute atomic E-state index is 11.4. The summed E-state index contributed by atoms with van der Waals surface area (Å²) in [5, 5.41) is 9.51. The molecule has 0 aromatic heterocycles. The first-order chi connectivity index (χ1) is 6.18. The van der Waals surface area contributed by atoms with Crippen molar-refractivity contribution in [3.05, 3.63) is 11.6 Å². The summed E-state index contributed by atoms with van der Waals surface area (Å²) < 4.78 is 4.84. The Balaban J connectivity index is 2.03. The van der Waals surface area contributed by atoms with Crippen molar-refractivity contribution in [3.8, 4) is 0 Å². The number of fused-ring (bicyclic) bond motifs is 5. The largest absolute Gasteiger partial charge is 0.435 e. The van der Waals surface area contributed by atoms with Crippen molar-refractivity contribution in [1.82, 2.24) is 0 Å². The lowest BCUT2D eigenvalue weighted by Gasteiger charge is -2.20. The summed E-state index contributed by atoms with van der Waals surface area (Å²) in [7, 11) is 0. The highest BCUT2D eigenvalue weighted by Gasteiger charge is 2.58. The van der Waals surface area contributed by atoms with Crippen LogP contribution in [0.5, 0.6) is 0 Å². The van der Waals surface area contributed by atoms with Gasteiger partial charge in [-0.2, -0.15) is 0 Å². The molecule has 1 N–H and O–H groups in total. The molecule has 0 spiro atoms. The van der Waals surface area contributed by atoms with E-state index >= 15 is 0 Å². The monoisotopic (exact) mass is 180 g/mol. The van der Waals surface area contributed by atoms with Crippen LogP contribution in [0.1, 0.15) is 13.3 Å². The van der Waals surface area contributed by atoms with E-state index in [4.69, 9.17) is 4.74 Å². The fraction of sp³-hybridized carbons (Fsp3) is 0.700. The first-order valence-corrected chi connectivity index (χ1v) is 4.75. The minimum atomic E-state index is -0.850. The summed E-state index contributed by atoms with van der Waals surface area (Å²) in [6.45, 7) is 2.07. The Kier molecular flexibility index (Phi) is 1.25. The van der Waals surface area contributed by atoms with E-state index in [1.807, 2.05) is 0 Å². The van der Waals surface area contributed by atoms with Crippen LogP contribution < -0.4 is 0 Å². The second kappa shape index (κ2) is 2.15. The smallest absolute Gasteiger partial charge is 0.312 e. The highest BCUT2D eigenvalue weighted by atomic mass is 16.6. The number of hydrogen-bond acceptors (Lipinski definition) is 3. The average molecular weight is 180 g/mol. The third-order valence-corrected chi connectivity index (χ3v) is 3.77. The fourth-order valence-electron chi connectivity index (χ4n) is 3.23. The van der Waals surface area contributed by atoms with Crippen LogP contribution >= 0.6 is 0 Å². The van der Waals surface area contributed by atoms with Gasteiger partial charge in [0.2, 0.25) is 6.29 Å². The van der Waals surface area contributed by atoms with Crippen molar-refractivity contribution in [1.29, 1.82) is 0 Å². The SMILES string of the molecule is CC1=CC2CC1C1C(=O)OC(O)C21. The van der Waals surface area contributed by atoms with Gasteiger partial charge < -0.3 is 9.84 Å². The molecular formula is C10H12O3. The number of allylic oxidation sites excluding steroid dienone is 2.